The summed E-state index contributed by atoms with van der Waals surface area (Å²) < 4.78 is 62.0. The zero-order chi connectivity index (χ0) is 35.0. The van der Waals surface area contributed by atoms with Crippen molar-refractivity contribution in [1.82, 2.24) is 34.3 Å². The van der Waals surface area contributed by atoms with Crippen LogP contribution >= 0.6 is 0 Å². The molecule has 1 N–H and O–H groups in total. The van der Waals surface area contributed by atoms with Crippen molar-refractivity contribution < 1.29 is 31.8 Å². The summed E-state index contributed by atoms with van der Waals surface area (Å²) in [5.74, 6) is 0.495. The summed E-state index contributed by atoms with van der Waals surface area (Å²) in [6.45, 7) is 9.40. The zero-order valence-electron chi connectivity index (χ0n) is 28.7. The Kier molecular flexibility index (Phi) is 9.82. The quantitative estimate of drug-likeness (QED) is 0.350. The molecule has 270 valence electrons. The van der Waals surface area contributed by atoms with Gasteiger partial charge in [0.25, 0.3) is 5.91 Å². The van der Waals surface area contributed by atoms with Crippen LogP contribution in [-0.2, 0) is 26.5 Å². The molecule has 3 aromatic rings. The number of carbonyl (C=O) groups is 1. The van der Waals surface area contributed by atoms with Crippen LogP contribution in [-0.4, -0.2) is 121 Å². The van der Waals surface area contributed by atoms with Crippen molar-refractivity contribution in [2.24, 2.45) is 12.5 Å². The second kappa shape index (κ2) is 14.1. The second-order valence-electron chi connectivity index (χ2n) is 14.3. The van der Waals surface area contributed by atoms with Gasteiger partial charge in [0, 0.05) is 44.3 Å². The molecule has 4 atom stereocenters. The van der Waals surface area contributed by atoms with Crippen molar-refractivity contribution in [3.05, 3.63) is 54.5 Å². The lowest BCUT2D eigenvalue weighted by Crippen LogP contribution is -2.61. The first-order valence-corrected chi connectivity index (χ1v) is 18.7. The largest absolute Gasteiger partial charge is 0.451 e. The molecule has 4 aliphatic heterocycles. The molecular formula is C34H45FN8O6S. The number of piperidine rings is 1. The predicted molar refractivity (Wildman–Crippen MR) is 181 cm³/mol. The molecule has 0 bridgehead atoms. The van der Waals surface area contributed by atoms with Gasteiger partial charge in [-0.05, 0) is 70.8 Å². The van der Waals surface area contributed by atoms with Crippen molar-refractivity contribution in [1.29, 1.82) is 0 Å². The third-order valence-electron chi connectivity index (χ3n) is 10.4. The van der Waals surface area contributed by atoms with Gasteiger partial charge < -0.3 is 28.9 Å². The Morgan fingerprint density at radius 1 is 1.08 bits per heavy atom. The number of halogens is 1. The lowest BCUT2D eigenvalue weighted by atomic mass is 9.72. The Balaban J connectivity index is 0.916. The number of ether oxygens (including phenoxy) is 3. The Morgan fingerprint density at radius 2 is 1.84 bits per heavy atom. The molecule has 2 aromatic heterocycles. The Hall–Kier alpha value is -3.70. The van der Waals surface area contributed by atoms with E-state index in [2.05, 4.69) is 29.6 Å². The van der Waals surface area contributed by atoms with Crippen LogP contribution in [0.5, 0.6) is 11.5 Å². The molecule has 0 aliphatic carbocycles. The Bertz CT molecular complexity index is 1780. The van der Waals surface area contributed by atoms with E-state index in [-0.39, 0.29) is 51.8 Å². The van der Waals surface area contributed by atoms with Crippen molar-refractivity contribution in [2.45, 2.75) is 68.7 Å². The van der Waals surface area contributed by atoms with Crippen LogP contribution in [0.15, 0.2) is 48.0 Å². The van der Waals surface area contributed by atoms with Gasteiger partial charge in [-0.25, -0.2) is 27.5 Å². The Labute approximate surface area is 291 Å². The van der Waals surface area contributed by atoms with Gasteiger partial charge in [-0.3, -0.25) is 9.48 Å². The molecule has 4 fully saturated rings. The summed E-state index contributed by atoms with van der Waals surface area (Å²) in [5, 5.41) is 3.96. The zero-order valence-corrected chi connectivity index (χ0v) is 29.5. The number of aryl methyl sites for hydroxylation is 1. The van der Waals surface area contributed by atoms with E-state index in [1.807, 2.05) is 13.8 Å². The summed E-state index contributed by atoms with van der Waals surface area (Å²) in [6, 6.07) is 3.43. The van der Waals surface area contributed by atoms with Gasteiger partial charge in [-0.15, -0.1) is 0 Å². The van der Waals surface area contributed by atoms with Crippen LogP contribution in [0.4, 0.5) is 10.2 Å². The highest BCUT2D eigenvalue weighted by molar-refractivity contribution is 7.89. The maximum Gasteiger partial charge on any atom is 0.258 e. The average Bonchev–Trinajstić information content (AvgIpc) is 3.53. The third-order valence-corrected chi connectivity index (χ3v) is 11.8. The third kappa shape index (κ3) is 7.35. The Morgan fingerprint density at radius 3 is 2.52 bits per heavy atom. The fraction of sp³-hybridized carbons (Fsp3) is 0.588. The van der Waals surface area contributed by atoms with Crippen molar-refractivity contribution in [3.63, 3.8) is 0 Å². The highest BCUT2D eigenvalue weighted by Crippen LogP contribution is 2.45. The van der Waals surface area contributed by atoms with Crippen LogP contribution in [0, 0.1) is 11.2 Å². The first kappa shape index (κ1) is 34.7. The molecule has 1 aromatic carbocycles. The maximum absolute atomic E-state index is 14.4. The lowest BCUT2D eigenvalue weighted by Gasteiger charge is -2.54. The number of hydrogen-bond acceptors (Lipinski definition) is 11. The standard InChI is InChI=1S/C34H45FN8O6S/c1-23-17-47-18-24(2)43(23)33(44)29-12-25(35)4-7-30(29)49-31-14-36-22-37-32(31)42-20-34(21-42)8-10-41(11-9-34)15-27-6-5-26(19-48-27)39-50(45,46)28-13-38-40(3)16-28/h4,7,12-14,16,22-24,26-27,39H,5-6,8-11,15,17-21H2,1-3H3/t23-,24-,26-,27+/m1/s1. The van der Waals surface area contributed by atoms with Crippen LogP contribution in [0.25, 0.3) is 0 Å². The molecule has 1 amide bonds. The molecule has 7 rings (SSSR count). The van der Waals surface area contributed by atoms with E-state index in [0.717, 1.165) is 58.4 Å². The number of carbonyl (C=O) groups excluding carboxylic acids is 1. The minimum Gasteiger partial charge on any atom is -0.451 e. The van der Waals surface area contributed by atoms with E-state index in [9.17, 15) is 17.6 Å². The van der Waals surface area contributed by atoms with Crippen molar-refractivity contribution >= 4 is 21.7 Å². The minimum atomic E-state index is -3.63. The summed E-state index contributed by atoms with van der Waals surface area (Å²) in [5.41, 5.74) is 0.317. The fourth-order valence-corrected chi connectivity index (χ4v) is 8.87. The number of morpholine rings is 1. The number of aromatic nitrogens is 4. The van der Waals surface area contributed by atoms with Crippen molar-refractivity contribution in [2.75, 3.05) is 57.4 Å². The van der Waals surface area contributed by atoms with Crippen molar-refractivity contribution in [3.8, 4) is 11.5 Å². The molecule has 0 unspecified atom stereocenters. The topological polar surface area (TPSA) is 144 Å². The summed E-state index contributed by atoms with van der Waals surface area (Å²) in [7, 11) is -1.94. The van der Waals surface area contributed by atoms with Gasteiger partial charge in [0.15, 0.2) is 11.6 Å². The highest BCUT2D eigenvalue weighted by atomic mass is 32.2. The van der Waals surface area contributed by atoms with Gasteiger partial charge in [-0.2, -0.15) is 5.10 Å². The number of rotatable bonds is 9. The number of sulfonamides is 1. The summed E-state index contributed by atoms with van der Waals surface area (Å²) in [6.07, 6.45) is 9.57. The van der Waals surface area contributed by atoms with E-state index in [4.69, 9.17) is 14.2 Å². The number of nitrogens with zero attached hydrogens (tertiary/aromatic N) is 7. The van der Waals surface area contributed by atoms with E-state index < -0.39 is 15.8 Å². The first-order valence-electron chi connectivity index (χ1n) is 17.3. The van der Waals surface area contributed by atoms with Gasteiger partial charge >= 0.3 is 0 Å². The number of nitrogens with one attached hydrogen (secondary N) is 1. The molecule has 4 aliphatic rings. The molecule has 0 saturated carbocycles. The number of likely N-dealkylation sites (tertiary alicyclic amines) is 1. The van der Waals surface area contributed by atoms with Gasteiger partial charge in [0.05, 0.1) is 56.0 Å². The van der Waals surface area contributed by atoms with Crippen LogP contribution in [0.3, 0.4) is 0 Å². The normalized spacial score (nSPS) is 25.8. The molecule has 14 nitrogen and oxygen atoms in total. The van der Waals surface area contributed by atoms with E-state index in [1.54, 1.807) is 18.1 Å². The van der Waals surface area contributed by atoms with Gasteiger partial charge in [-0.1, -0.05) is 0 Å². The molecule has 50 heavy (non-hydrogen) atoms. The molecule has 1 spiro atoms. The highest BCUT2D eigenvalue weighted by Gasteiger charge is 2.46. The molecular weight excluding hydrogens is 667 g/mol. The summed E-state index contributed by atoms with van der Waals surface area (Å²) in [4.78, 5) is 28.9. The molecule has 6 heterocycles. The predicted octanol–water partition coefficient (Wildman–Crippen LogP) is 2.82. The van der Waals surface area contributed by atoms with Crippen LogP contribution in [0.1, 0.15) is 49.9 Å². The number of anilines is 1. The van der Waals surface area contributed by atoms with Gasteiger partial charge in [0.1, 0.15) is 22.8 Å². The van der Waals surface area contributed by atoms with E-state index >= 15 is 0 Å². The van der Waals surface area contributed by atoms with Gasteiger partial charge in [0.2, 0.25) is 10.0 Å². The van der Waals surface area contributed by atoms with E-state index in [0.29, 0.717) is 31.4 Å². The number of benzene rings is 1. The maximum atomic E-state index is 14.4. The number of hydrogen-bond donors (Lipinski definition) is 1. The smallest absolute Gasteiger partial charge is 0.258 e. The number of amides is 1. The monoisotopic (exact) mass is 712 g/mol. The average molecular weight is 713 g/mol. The minimum absolute atomic E-state index is 0.0692. The molecule has 0 radical (unpaired) electrons. The second-order valence-corrected chi connectivity index (χ2v) is 16.0. The fourth-order valence-electron chi connectivity index (χ4n) is 7.64. The first-order chi connectivity index (χ1) is 24.0. The summed E-state index contributed by atoms with van der Waals surface area (Å²) >= 11 is 0. The van der Waals surface area contributed by atoms with Crippen LogP contribution in [0.2, 0.25) is 0 Å². The van der Waals surface area contributed by atoms with Crippen LogP contribution < -0.4 is 14.4 Å². The van der Waals surface area contributed by atoms with E-state index in [1.165, 1.54) is 41.6 Å². The lowest BCUT2D eigenvalue weighted by molar-refractivity contribution is -0.0299. The SMILES string of the molecule is C[C@@H]1COC[C@@H](C)N1C(=O)c1cc(F)ccc1Oc1cncnc1N1CC2(CCN(C[C@@H]3CC[C@@H](NS(=O)(=O)c4cnn(C)c4)CO3)CC2)C1. The molecule has 4 saturated heterocycles. The molecule has 16 heteroatoms.